The molecule has 0 amide bonds. The van der Waals surface area contributed by atoms with Crippen molar-refractivity contribution < 1.29 is 14.2 Å². The Bertz CT molecular complexity index is 362. The second-order valence-corrected chi connectivity index (χ2v) is 4.04. The van der Waals surface area contributed by atoms with Gasteiger partial charge in [0.2, 0.25) is 0 Å². The quantitative estimate of drug-likeness (QED) is 0.689. The van der Waals surface area contributed by atoms with E-state index in [-0.39, 0.29) is 12.3 Å². The Labute approximate surface area is 115 Å². The molecule has 0 saturated heterocycles. The van der Waals surface area contributed by atoms with Crippen molar-refractivity contribution in [3.63, 3.8) is 0 Å². The van der Waals surface area contributed by atoms with E-state index in [2.05, 4.69) is 10.4 Å². The fourth-order valence-electron chi connectivity index (χ4n) is 2.05. The fraction of sp³-hybridized carbons (Fsp3) is 0.769. The van der Waals surface area contributed by atoms with Gasteiger partial charge >= 0.3 is 0 Å². The minimum Gasteiger partial charge on any atom is -0.493 e. The number of nitrogens with one attached hydrogen (secondary N) is 1. The van der Waals surface area contributed by atoms with Crippen LogP contribution in [0.25, 0.3) is 0 Å². The maximum Gasteiger partial charge on any atom is 0.178 e. The van der Waals surface area contributed by atoms with Crippen LogP contribution < -0.4 is 10.1 Å². The maximum absolute atomic E-state index is 5.69. The second kappa shape index (κ2) is 8.14. The van der Waals surface area contributed by atoms with Crippen LogP contribution in [-0.4, -0.2) is 42.9 Å². The van der Waals surface area contributed by atoms with Crippen LogP contribution in [0.1, 0.15) is 32.5 Å². The Morgan fingerprint density at radius 1 is 1.26 bits per heavy atom. The van der Waals surface area contributed by atoms with Crippen molar-refractivity contribution in [2.75, 3.05) is 26.9 Å². The van der Waals surface area contributed by atoms with E-state index in [4.69, 9.17) is 14.2 Å². The molecule has 0 aromatic carbocycles. The largest absolute Gasteiger partial charge is 0.493 e. The van der Waals surface area contributed by atoms with Crippen molar-refractivity contribution in [3.05, 3.63) is 11.9 Å². The first-order chi connectivity index (χ1) is 9.19. The zero-order valence-electron chi connectivity index (χ0n) is 12.5. The summed E-state index contributed by atoms with van der Waals surface area (Å²) in [6, 6.07) is -0.118. The molecule has 1 atom stereocenters. The number of nitrogens with zero attached hydrogens (tertiary/aromatic N) is 2. The molecule has 0 fully saturated rings. The highest BCUT2D eigenvalue weighted by Gasteiger charge is 2.29. The third-order valence-electron chi connectivity index (χ3n) is 2.82. The predicted octanol–water partition coefficient (Wildman–Crippen LogP) is 1.48. The standard InChI is InChI=1S/C13H25N3O3/c1-6-14-11(13(18-7-2)19-8-3)12-10(17-5)9-15-16(12)4/h9,11,13-14H,6-8H2,1-5H3. The lowest BCUT2D eigenvalue weighted by Gasteiger charge is -2.28. The minimum atomic E-state index is -0.362. The summed E-state index contributed by atoms with van der Waals surface area (Å²) in [7, 11) is 3.52. The molecule has 0 aliphatic heterocycles. The van der Waals surface area contributed by atoms with Crippen LogP contribution in [0.3, 0.4) is 0 Å². The van der Waals surface area contributed by atoms with Crippen LogP contribution in [0.4, 0.5) is 0 Å². The molecule has 0 aliphatic carbocycles. The predicted molar refractivity (Wildman–Crippen MR) is 73.2 cm³/mol. The molecular weight excluding hydrogens is 246 g/mol. The van der Waals surface area contributed by atoms with Crippen LogP contribution in [0.15, 0.2) is 6.20 Å². The van der Waals surface area contributed by atoms with Gasteiger partial charge in [-0.15, -0.1) is 0 Å². The average Bonchev–Trinajstić information content (AvgIpc) is 2.77. The molecule has 110 valence electrons. The van der Waals surface area contributed by atoms with Gasteiger partial charge in [-0.1, -0.05) is 6.92 Å². The van der Waals surface area contributed by atoms with Gasteiger partial charge in [-0.2, -0.15) is 5.10 Å². The lowest BCUT2D eigenvalue weighted by molar-refractivity contribution is -0.156. The number of hydrogen-bond acceptors (Lipinski definition) is 5. The average molecular weight is 271 g/mol. The Balaban J connectivity index is 3.05. The number of aromatic nitrogens is 2. The molecule has 1 heterocycles. The molecule has 0 spiro atoms. The Morgan fingerprint density at radius 2 is 1.89 bits per heavy atom. The molecule has 6 nitrogen and oxygen atoms in total. The zero-order valence-corrected chi connectivity index (χ0v) is 12.5. The first-order valence-electron chi connectivity index (χ1n) is 6.71. The molecule has 0 saturated carbocycles. The summed E-state index contributed by atoms with van der Waals surface area (Å²) < 4.78 is 18.5. The highest BCUT2D eigenvalue weighted by Crippen LogP contribution is 2.28. The SMILES string of the molecule is CCNC(c1c(OC)cnn1C)C(OCC)OCC. The van der Waals surface area contributed by atoms with Crippen molar-refractivity contribution in [3.8, 4) is 5.75 Å². The molecule has 1 N–H and O–H groups in total. The van der Waals surface area contributed by atoms with Gasteiger partial charge in [0.25, 0.3) is 0 Å². The third-order valence-corrected chi connectivity index (χ3v) is 2.82. The smallest absolute Gasteiger partial charge is 0.178 e. The van der Waals surface area contributed by atoms with E-state index in [9.17, 15) is 0 Å². The number of rotatable bonds is 9. The summed E-state index contributed by atoms with van der Waals surface area (Å²) >= 11 is 0. The molecule has 6 heteroatoms. The summed E-state index contributed by atoms with van der Waals surface area (Å²) in [4.78, 5) is 0. The number of likely N-dealkylation sites (N-methyl/N-ethyl adjacent to an activating group) is 1. The summed E-state index contributed by atoms with van der Waals surface area (Å²) in [5, 5.41) is 7.61. The minimum absolute atomic E-state index is 0.118. The zero-order chi connectivity index (χ0) is 14.3. The van der Waals surface area contributed by atoms with E-state index >= 15 is 0 Å². The highest BCUT2D eigenvalue weighted by molar-refractivity contribution is 5.28. The fourth-order valence-corrected chi connectivity index (χ4v) is 2.05. The molecule has 1 rings (SSSR count). The van der Waals surface area contributed by atoms with Crippen molar-refractivity contribution in [2.24, 2.45) is 7.05 Å². The van der Waals surface area contributed by atoms with E-state index in [1.54, 1.807) is 18.0 Å². The van der Waals surface area contributed by atoms with Crippen molar-refractivity contribution in [1.82, 2.24) is 15.1 Å². The van der Waals surface area contributed by atoms with Gasteiger partial charge in [0.05, 0.1) is 13.3 Å². The molecular formula is C13H25N3O3. The molecule has 0 aliphatic rings. The molecule has 1 aromatic rings. The van der Waals surface area contributed by atoms with Gasteiger partial charge < -0.3 is 19.5 Å². The topological polar surface area (TPSA) is 57.5 Å². The Kier molecular flexibility index (Phi) is 6.83. The van der Waals surface area contributed by atoms with Crippen LogP contribution >= 0.6 is 0 Å². The van der Waals surface area contributed by atoms with Crippen LogP contribution in [-0.2, 0) is 16.5 Å². The van der Waals surface area contributed by atoms with Gasteiger partial charge in [0.15, 0.2) is 12.0 Å². The first-order valence-corrected chi connectivity index (χ1v) is 6.71. The summed E-state index contributed by atoms with van der Waals surface area (Å²) in [5.41, 5.74) is 0.927. The third kappa shape index (κ3) is 3.92. The second-order valence-electron chi connectivity index (χ2n) is 4.04. The van der Waals surface area contributed by atoms with Crippen molar-refractivity contribution in [1.29, 1.82) is 0 Å². The Hall–Kier alpha value is -1.11. The lowest BCUT2D eigenvalue weighted by atomic mass is 10.1. The van der Waals surface area contributed by atoms with E-state index < -0.39 is 0 Å². The number of ether oxygens (including phenoxy) is 3. The van der Waals surface area contributed by atoms with Gasteiger partial charge in [-0.3, -0.25) is 4.68 Å². The first kappa shape index (κ1) is 15.9. The maximum atomic E-state index is 5.69. The summed E-state index contributed by atoms with van der Waals surface area (Å²) in [6.45, 7) is 7.94. The van der Waals surface area contributed by atoms with Gasteiger partial charge in [-0.25, -0.2) is 0 Å². The van der Waals surface area contributed by atoms with E-state index in [1.807, 2.05) is 27.8 Å². The van der Waals surface area contributed by atoms with Crippen molar-refractivity contribution >= 4 is 0 Å². The van der Waals surface area contributed by atoms with Gasteiger partial charge in [0, 0.05) is 20.3 Å². The van der Waals surface area contributed by atoms with Gasteiger partial charge in [-0.05, 0) is 20.4 Å². The summed E-state index contributed by atoms with van der Waals surface area (Å²) in [6.07, 6.45) is 1.34. The highest BCUT2D eigenvalue weighted by atomic mass is 16.7. The van der Waals surface area contributed by atoms with E-state index in [0.717, 1.165) is 18.0 Å². The van der Waals surface area contributed by atoms with E-state index in [1.165, 1.54) is 0 Å². The van der Waals surface area contributed by atoms with Gasteiger partial charge in [0.1, 0.15) is 11.7 Å². The number of hydrogen-bond donors (Lipinski definition) is 1. The normalized spacial score (nSPS) is 12.9. The lowest BCUT2D eigenvalue weighted by Crippen LogP contribution is -2.37. The van der Waals surface area contributed by atoms with E-state index in [0.29, 0.717) is 13.2 Å². The molecule has 19 heavy (non-hydrogen) atoms. The Morgan fingerprint density at radius 3 is 2.37 bits per heavy atom. The number of aryl methyl sites for hydroxylation is 1. The van der Waals surface area contributed by atoms with Crippen LogP contribution in [0.2, 0.25) is 0 Å². The number of methoxy groups -OCH3 is 1. The molecule has 0 radical (unpaired) electrons. The van der Waals surface area contributed by atoms with Crippen LogP contribution in [0.5, 0.6) is 5.75 Å². The van der Waals surface area contributed by atoms with Crippen LogP contribution in [0, 0.1) is 0 Å². The monoisotopic (exact) mass is 271 g/mol. The summed E-state index contributed by atoms with van der Waals surface area (Å²) in [5.74, 6) is 0.734. The molecule has 1 unspecified atom stereocenters. The van der Waals surface area contributed by atoms with Crippen molar-refractivity contribution in [2.45, 2.75) is 33.1 Å². The molecule has 1 aromatic heterocycles. The molecule has 0 bridgehead atoms.